The lowest BCUT2D eigenvalue weighted by Gasteiger charge is -2.09. The number of carbonyl (C=O) groups is 1. The highest BCUT2D eigenvalue weighted by Gasteiger charge is 2.18. The summed E-state index contributed by atoms with van der Waals surface area (Å²) < 4.78 is 12.4. The van der Waals surface area contributed by atoms with E-state index in [0.717, 1.165) is 0 Å². The third-order valence-electron chi connectivity index (χ3n) is 4.17. The van der Waals surface area contributed by atoms with Gasteiger partial charge in [0.1, 0.15) is 5.75 Å². The van der Waals surface area contributed by atoms with Gasteiger partial charge in [0.15, 0.2) is 22.5 Å². The normalized spacial score (nSPS) is 12.2. The lowest BCUT2D eigenvalue weighted by Crippen LogP contribution is -2.14. The summed E-state index contributed by atoms with van der Waals surface area (Å²) in [5.41, 5.74) is 1.25. The van der Waals surface area contributed by atoms with Crippen LogP contribution in [0.4, 0.5) is 5.69 Å². The number of hydrogen-bond acceptors (Lipinski definition) is 7. The van der Waals surface area contributed by atoms with Gasteiger partial charge < -0.3 is 24.5 Å². The number of carbonyl (C=O) groups excluding carboxylic acids is 1. The minimum atomic E-state index is -0.168. The molecule has 28 heavy (non-hydrogen) atoms. The van der Waals surface area contributed by atoms with Gasteiger partial charge in [-0.15, -0.1) is 10.2 Å². The fourth-order valence-electron chi connectivity index (χ4n) is 2.84. The number of phenols is 1. The fourth-order valence-corrected chi connectivity index (χ4v) is 3.65. The van der Waals surface area contributed by atoms with Gasteiger partial charge >= 0.3 is 0 Å². The van der Waals surface area contributed by atoms with Crippen molar-refractivity contribution in [2.24, 2.45) is 0 Å². The first-order chi connectivity index (χ1) is 13.7. The van der Waals surface area contributed by atoms with Crippen molar-refractivity contribution >= 4 is 23.4 Å². The average Bonchev–Trinajstić information content (AvgIpc) is 3.32. The molecule has 0 unspecified atom stereocenters. The van der Waals surface area contributed by atoms with Crippen LogP contribution in [-0.2, 0) is 11.3 Å². The molecule has 0 saturated carbocycles. The second-order valence-electron chi connectivity index (χ2n) is 5.97. The number of amides is 1. The van der Waals surface area contributed by atoms with Crippen LogP contribution in [0.25, 0.3) is 11.4 Å². The molecular formula is C19H18N4O4S. The predicted octanol–water partition coefficient (Wildman–Crippen LogP) is 3.13. The van der Waals surface area contributed by atoms with Crippen LogP contribution in [-0.4, -0.2) is 38.3 Å². The molecule has 0 fully saturated rings. The van der Waals surface area contributed by atoms with Gasteiger partial charge in [0, 0.05) is 18.3 Å². The zero-order valence-corrected chi connectivity index (χ0v) is 15.9. The summed E-state index contributed by atoms with van der Waals surface area (Å²) in [5.74, 6) is 2.00. The van der Waals surface area contributed by atoms with E-state index in [2.05, 4.69) is 15.5 Å². The van der Waals surface area contributed by atoms with E-state index in [9.17, 15) is 9.90 Å². The van der Waals surface area contributed by atoms with E-state index >= 15 is 0 Å². The molecule has 3 aromatic rings. The maximum atomic E-state index is 12.3. The Hall–Kier alpha value is -3.20. The average molecular weight is 398 g/mol. The number of fused-ring (bicyclic) bond motifs is 1. The molecule has 8 nitrogen and oxygen atoms in total. The van der Waals surface area contributed by atoms with Crippen molar-refractivity contribution < 1.29 is 19.4 Å². The smallest absolute Gasteiger partial charge is 0.234 e. The van der Waals surface area contributed by atoms with Crippen LogP contribution in [0.15, 0.2) is 47.6 Å². The summed E-state index contributed by atoms with van der Waals surface area (Å²) in [5, 5.41) is 21.9. The molecule has 0 saturated heterocycles. The number of nitrogens with one attached hydrogen (secondary N) is 1. The van der Waals surface area contributed by atoms with Gasteiger partial charge in [-0.1, -0.05) is 23.9 Å². The lowest BCUT2D eigenvalue weighted by molar-refractivity contribution is -0.113. The monoisotopic (exact) mass is 398 g/mol. The van der Waals surface area contributed by atoms with E-state index in [1.807, 2.05) is 17.6 Å². The molecule has 0 atom stereocenters. The molecule has 2 N–H and O–H groups in total. The Labute approximate surface area is 165 Å². The molecule has 4 rings (SSSR count). The minimum absolute atomic E-state index is 0.140. The number of nitrogens with zero attached hydrogens (tertiary/aromatic N) is 3. The van der Waals surface area contributed by atoms with Crippen molar-refractivity contribution in [2.75, 3.05) is 17.9 Å². The van der Waals surface area contributed by atoms with Gasteiger partial charge in [-0.3, -0.25) is 4.79 Å². The van der Waals surface area contributed by atoms with E-state index in [-0.39, 0.29) is 24.2 Å². The van der Waals surface area contributed by atoms with E-state index in [0.29, 0.717) is 40.3 Å². The highest BCUT2D eigenvalue weighted by molar-refractivity contribution is 7.99. The number of ether oxygens (including phenoxy) is 2. The van der Waals surface area contributed by atoms with Crippen molar-refractivity contribution in [2.45, 2.75) is 18.6 Å². The second-order valence-corrected chi connectivity index (χ2v) is 6.91. The summed E-state index contributed by atoms with van der Waals surface area (Å²) in [7, 11) is 0. The Bertz CT molecular complexity index is 1020. The molecule has 1 aromatic heterocycles. The van der Waals surface area contributed by atoms with E-state index in [4.69, 9.17) is 9.47 Å². The van der Waals surface area contributed by atoms with Gasteiger partial charge in [0.25, 0.3) is 0 Å². The van der Waals surface area contributed by atoms with Crippen LogP contribution in [0.5, 0.6) is 17.2 Å². The second kappa shape index (κ2) is 7.81. The third kappa shape index (κ3) is 3.61. The number of thioether (sulfide) groups is 1. The number of aromatic nitrogens is 3. The first kappa shape index (κ1) is 18.2. The van der Waals surface area contributed by atoms with Crippen LogP contribution in [0.1, 0.15) is 6.92 Å². The van der Waals surface area contributed by atoms with Crippen molar-refractivity contribution in [1.29, 1.82) is 0 Å². The number of benzene rings is 2. The van der Waals surface area contributed by atoms with Gasteiger partial charge in [-0.25, -0.2) is 0 Å². The van der Waals surface area contributed by atoms with Gasteiger partial charge in [-0.05, 0) is 31.2 Å². The maximum absolute atomic E-state index is 12.3. The van der Waals surface area contributed by atoms with Crippen LogP contribution in [0.3, 0.4) is 0 Å². The standard InChI is InChI=1S/C19H18N4O4S/c1-2-23-18(13-5-3-4-6-14(13)24)21-22-19(23)28-10-17(25)20-12-7-8-15-16(9-12)27-11-26-15/h3-9,24H,2,10-11H2,1H3,(H,20,25). The van der Waals surface area contributed by atoms with Crippen molar-refractivity contribution in [3.63, 3.8) is 0 Å². The molecule has 1 aliphatic rings. The lowest BCUT2D eigenvalue weighted by atomic mass is 10.2. The molecule has 1 amide bonds. The fraction of sp³-hybridized carbons (Fsp3) is 0.211. The summed E-state index contributed by atoms with van der Waals surface area (Å²) in [6, 6.07) is 12.2. The molecule has 0 spiro atoms. The predicted molar refractivity (Wildman–Crippen MR) is 105 cm³/mol. The zero-order valence-electron chi connectivity index (χ0n) is 15.1. The van der Waals surface area contributed by atoms with Gasteiger partial charge in [0.05, 0.1) is 11.3 Å². The first-order valence-electron chi connectivity index (χ1n) is 8.69. The Morgan fingerprint density at radius 3 is 2.86 bits per heavy atom. The Balaban J connectivity index is 1.43. The number of anilines is 1. The largest absolute Gasteiger partial charge is 0.507 e. The molecular weight excluding hydrogens is 380 g/mol. The summed E-state index contributed by atoms with van der Waals surface area (Å²) >= 11 is 1.29. The molecule has 2 heterocycles. The number of hydrogen-bond donors (Lipinski definition) is 2. The highest BCUT2D eigenvalue weighted by Crippen LogP contribution is 2.34. The van der Waals surface area contributed by atoms with Crippen LogP contribution in [0, 0.1) is 0 Å². The van der Waals surface area contributed by atoms with Crippen LogP contribution in [0.2, 0.25) is 0 Å². The minimum Gasteiger partial charge on any atom is -0.507 e. The van der Waals surface area contributed by atoms with E-state index < -0.39 is 0 Å². The highest BCUT2D eigenvalue weighted by atomic mass is 32.2. The SMILES string of the molecule is CCn1c(SCC(=O)Nc2ccc3c(c2)OCO3)nnc1-c1ccccc1O. The topological polar surface area (TPSA) is 98.5 Å². The van der Waals surface area contributed by atoms with E-state index in [1.54, 1.807) is 36.4 Å². The van der Waals surface area contributed by atoms with Crippen molar-refractivity contribution in [3.05, 3.63) is 42.5 Å². The van der Waals surface area contributed by atoms with Gasteiger partial charge in [0.2, 0.25) is 12.7 Å². The van der Waals surface area contributed by atoms with Crippen LogP contribution >= 0.6 is 11.8 Å². The molecule has 144 valence electrons. The Morgan fingerprint density at radius 1 is 1.21 bits per heavy atom. The first-order valence-corrected chi connectivity index (χ1v) is 9.68. The maximum Gasteiger partial charge on any atom is 0.234 e. The van der Waals surface area contributed by atoms with Crippen molar-refractivity contribution in [1.82, 2.24) is 14.8 Å². The Kier molecular flexibility index (Phi) is 5.07. The third-order valence-corrected chi connectivity index (χ3v) is 5.13. The molecule has 0 aliphatic carbocycles. The quantitative estimate of drug-likeness (QED) is 0.616. The summed E-state index contributed by atoms with van der Waals surface area (Å²) in [4.78, 5) is 12.3. The molecule has 0 bridgehead atoms. The number of para-hydroxylation sites is 1. The molecule has 2 aromatic carbocycles. The summed E-state index contributed by atoms with van der Waals surface area (Å²) in [6.07, 6.45) is 0. The summed E-state index contributed by atoms with van der Waals surface area (Å²) in [6.45, 7) is 2.76. The van der Waals surface area contributed by atoms with E-state index in [1.165, 1.54) is 11.8 Å². The van der Waals surface area contributed by atoms with Crippen molar-refractivity contribution in [3.8, 4) is 28.6 Å². The molecule has 1 aliphatic heterocycles. The zero-order chi connectivity index (χ0) is 19.5. The number of rotatable bonds is 6. The molecule has 9 heteroatoms. The number of phenolic OH excluding ortho intramolecular Hbond substituents is 1. The van der Waals surface area contributed by atoms with Gasteiger partial charge in [-0.2, -0.15) is 0 Å². The number of aromatic hydroxyl groups is 1. The van der Waals surface area contributed by atoms with Crippen LogP contribution < -0.4 is 14.8 Å². The molecule has 0 radical (unpaired) electrons. The Morgan fingerprint density at radius 2 is 2.04 bits per heavy atom.